The van der Waals surface area contributed by atoms with Crippen LogP contribution in [0.5, 0.6) is 0 Å². The lowest BCUT2D eigenvalue weighted by molar-refractivity contribution is -0.134. The minimum Gasteiger partial charge on any atom is -0.444 e. The van der Waals surface area contributed by atoms with E-state index in [-0.39, 0.29) is 18.0 Å². The molecule has 0 aliphatic carbocycles. The molecular weight excluding hydrogens is 270 g/mol. The molecule has 0 unspecified atom stereocenters. The number of hydrogen-bond acceptors (Lipinski definition) is 4. The van der Waals surface area contributed by atoms with Crippen molar-refractivity contribution in [1.82, 2.24) is 9.80 Å². The molecule has 21 heavy (non-hydrogen) atoms. The summed E-state index contributed by atoms with van der Waals surface area (Å²) in [5.74, 6) is -0.0556. The van der Waals surface area contributed by atoms with Crippen LogP contribution in [-0.2, 0) is 9.53 Å². The molecule has 1 aliphatic heterocycles. The van der Waals surface area contributed by atoms with E-state index in [1.54, 1.807) is 16.7 Å². The molecule has 6 nitrogen and oxygen atoms in total. The highest BCUT2D eigenvalue weighted by Gasteiger charge is 2.32. The number of carbonyl (C=O) groups excluding carboxylic acids is 2. The van der Waals surface area contributed by atoms with Crippen LogP contribution in [0.4, 0.5) is 4.79 Å². The molecule has 2 N–H and O–H groups in total. The highest BCUT2D eigenvalue weighted by molar-refractivity contribution is 5.81. The third-order valence-corrected chi connectivity index (χ3v) is 3.51. The highest BCUT2D eigenvalue weighted by atomic mass is 16.6. The predicted octanol–water partition coefficient (Wildman–Crippen LogP) is 1.58. The molecule has 1 heterocycles. The van der Waals surface area contributed by atoms with Crippen molar-refractivity contribution in [1.29, 1.82) is 0 Å². The lowest BCUT2D eigenvalue weighted by Gasteiger charge is -2.39. The number of piperidine rings is 1. The second-order valence-electron chi connectivity index (χ2n) is 6.64. The van der Waals surface area contributed by atoms with Crippen molar-refractivity contribution in [2.24, 2.45) is 5.73 Å². The zero-order chi connectivity index (χ0) is 16.2. The Morgan fingerprint density at radius 2 is 2.05 bits per heavy atom. The van der Waals surface area contributed by atoms with Crippen LogP contribution in [0, 0.1) is 0 Å². The average molecular weight is 299 g/mol. The van der Waals surface area contributed by atoms with Gasteiger partial charge in [0.1, 0.15) is 5.60 Å². The van der Waals surface area contributed by atoms with E-state index in [1.165, 1.54) is 0 Å². The van der Waals surface area contributed by atoms with E-state index in [4.69, 9.17) is 10.5 Å². The first-order chi connectivity index (χ1) is 9.65. The number of amides is 2. The lowest BCUT2D eigenvalue weighted by atomic mass is 10.0. The Hall–Kier alpha value is -1.30. The number of nitrogens with zero attached hydrogens (tertiary/aromatic N) is 2. The molecule has 0 aromatic carbocycles. The fourth-order valence-electron chi connectivity index (χ4n) is 2.55. The molecule has 0 aromatic heterocycles. The van der Waals surface area contributed by atoms with Gasteiger partial charge in [-0.1, -0.05) is 0 Å². The first-order valence-corrected chi connectivity index (χ1v) is 7.69. The summed E-state index contributed by atoms with van der Waals surface area (Å²) in [6.07, 6.45) is 1.45. The Morgan fingerprint density at radius 3 is 2.52 bits per heavy atom. The molecule has 0 spiro atoms. The van der Waals surface area contributed by atoms with Crippen LogP contribution in [-0.4, -0.2) is 59.1 Å². The number of ether oxygens (including phenoxy) is 1. The molecule has 122 valence electrons. The number of hydrogen-bond donors (Lipinski definition) is 1. The van der Waals surface area contributed by atoms with Crippen LogP contribution in [0.1, 0.15) is 47.5 Å². The van der Waals surface area contributed by atoms with Gasteiger partial charge in [-0.2, -0.15) is 0 Å². The molecule has 1 aliphatic rings. The Labute approximate surface area is 127 Å². The zero-order valence-corrected chi connectivity index (χ0v) is 13.9. The van der Waals surface area contributed by atoms with E-state index in [9.17, 15) is 9.59 Å². The van der Waals surface area contributed by atoms with Crippen LogP contribution >= 0.6 is 0 Å². The summed E-state index contributed by atoms with van der Waals surface area (Å²) >= 11 is 0. The van der Waals surface area contributed by atoms with Gasteiger partial charge in [0, 0.05) is 19.6 Å². The molecule has 6 heteroatoms. The van der Waals surface area contributed by atoms with E-state index in [0.29, 0.717) is 19.6 Å². The monoisotopic (exact) mass is 299 g/mol. The van der Waals surface area contributed by atoms with Gasteiger partial charge < -0.3 is 20.3 Å². The van der Waals surface area contributed by atoms with Gasteiger partial charge in [0.15, 0.2) is 0 Å². The smallest absolute Gasteiger partial charge is 0.410 e. The normalized spacial score (nSPS) is 20.9. The Morgan fingerprint density at radius 1 is 1.43 bits per heavy atom. The number of likely N-dealkylation sites (tertiary alicyclic amines) is 1. The first kappa shape index (κ1) is 17.8. The van der Waals surface area contributed by atoms with Crippen molar-refractivity contribution in [2.45, 2.75) is 65.1 Å². The SMILES string of the molecule is CCN(C(=O)OC(C)(C)C)[C@H]1CCCN(C(=O)[C@H](C)N)C1. The Bertz CT molecular complexity index is 377. The minimum atomic E-state index is -0.513. The second-order valence-corrected chi connectivity index (χ2v) is 6.64. The first-order valence-electron chi connectivity index (χ1n) is 7.69. The van der Waals surface area contributed by atoms with E-state index >= 15 is 0 Å². The molecule has 2 amide bonds. The fourth-order valence-corrected chi connectivity index (χ4v) is 2.55. The van der Waals surface area contributed by atoms with Gasteiger partial charge in [0.05, 0.1) is 12.1 Å². The highest BCUT2D eigenvalue weighted by Crippen LogP contribution is 2.19. The van der Waals surface area contributed by atoms with Crippen molar-refractivity contribution >= 4 is 12.0 Å². The lowest BCUT2D eigenvalue weighted by Crippen LogP contribution is -2.54. The van der Waals surface area contributed by atoms with Gasteiger partial charge in [-0.05, 0) is 47.5 Å². The summed E-state index contributed by atoms with van der Waals surface area (Å²) in [7, 11) is 0. The Kier molecular flexibility index (Phi) is 6.01. The molecule has 2 atom stereocenters. The summed E-state index contributed by atoms with van der Waals surface area (Å²) in [6, 6.07) is -0.498. The molecule has 0 bridgehead atoms. The molecule has 0 saturated carbocycles. The minimum absolute atomic E-state index is 0.00120. The Balaban J connectivity index is 2.72. The van der Waals surface area contributed by atoms with Crippen molar-refractivity contribution in [3.8, 4) is 0 Å². The van der Waals surface area contributed by atoms with Gasteiger partial charge in [0.25, 0.3) is 0 Å². The molecule has 1 rings (SSSR count). The third-order valence-electron chi connectivity index (χ3n) is 3.51. The molecule has 0 aromatic rings. The topological polar surface area (TPSA) is 75.9 Å². The van der Waals surface area contributed by atoms with Crippen LogP contribution in [0.3, 0.4) is 0 Å². The maximum atomic E-state index is 12.3. The average Bonchev–Trinajstić information content (AvgIpc) is 2.36. The standard InChI is InChI=1S/C15H29N3O3/c1-6-18(14(20)21-15(3,4)5)12-8-7-9-17(10-12)13(19)11(2)16/h11-12H,6-10,16H2,1-5H3/t11-,12-/m0/s1. The second kappa shape index (κ2) is 7.11. The summed E-state index contributed by atoms with van der Waals surface area (Å²) in [5.41, 5.74) is 5.15. The van der Waals surface area contributed by atoms with Crippen molar-refractivity contribution in [2.75, 3.05) is 19.6 Å². The summed E-state index contributed by atoms with van der Waals surface area (Å²) < 4.78 is 5.45. The predicted molar refractivity (Wildman–Crippen MR) is 81.9 cm³/mol. The zero-order valence-electron chi connectivity index (χ0n) is 13.9. The number of rotatable bonds is 3. The van der Waals surface area contributed by atoms with Crippen molar-refractivity contribution in [3.63, 3.8) is 0 Å². The molecule has 0 radical (unpaired) electrons. The molecule has 1 saturated heterocycles. The maximum Gasteiger partial charge on any atom is 0.410 e. The van der Waals surface area contributed by atoms with E-state index in [1.807, 2.05) is 27.7 Å². The number of carbonyl (C=O) groups is 2. The van der Waals surface area contributed by atoms with Crippen molar-refractivity contribution < 1.29 is 14.3 Å². The van der Waals surface area contributed by atoms with Crippen LogP contribution in [0.2, 0.25) is 0 Å². The van der Waals surface area contributed by atoms with Crippen LogP contribution in [0.15, 0.2) is 0 Å². The van der Waals surface area contributed by atoms with Crippen LogP contribution in [0.25, 0.3) is 0 Å². The van der Waals surface area contributed by atoms with Gasteiger partial charge in [0.2, 0.25) is 5.91 Å². The van der Waals surface area contributed by atoms with Gasteiger partial charge in [-0.3, -0.25) is 4.79 Å². The van der Waals surface area contributed by atoms with E-state index < -0.39 is 11.6 Å². The van der Waals surface area contributed by atoms with Crippen LogP contribution < -0.4 is 5.73 Å². The molecular formula is C15H29N3O3. The van der Waals surface area contributed by atoms with Gasteiger partial charge >= 0.3 is 6.09 Å². The van der Waals surface area contributed by atoms with Crippen molar-refractivity contribution in [3.05, 3.63) is 0 Å². The van der Waals surface area contributed by atoms with E-state index in [2.05, 4.69) is 0 Å². The summed E-state index contributed by atoms with van der Waals surface area (Å²) in [5, 5.41) is 0. The van der Waals surface area contributed by atoms with E-state index in [0.717, 1.165) is 12.8 Å². The number of likely N-dealkylation sites (N-methyl/N-ethyl adjacent to an activating group) is 1. The fraction of sp³-hybridized carbons (Fsp3) is 0.867. The third kappa shape index (κ3) is 5.19. The van der Waals surface area contributed by atoms with Gasteiger partial charge in [-0.15, -0.1) is 0 Å². The maximum absolute atomic E-state index is 12.3. The summed E-state index contributed by atoms with van der Waals surface area (Å²) in [6.45, 7) is 11.0. The van der Waals surface area contributed by atoms with Gasteiger partial charge in [-0.25, -0.2) is 4.79 Å². The largest absolute Gasteiger partial charge is 0.444 e. The summed E-state index contributed by atoms with van der Waals surface area (Å²) in [4.78, 5) is 27.8. The number of nitrogens with two attached hydrogens (primary N) is 1. The molecule has 1 fully saturated rings. The quantitative estimate of drug-likeness (QED) is 0.858.